The molecule has 0 spiro atoms. The van der Waals surface area contributed by atoms with Crippen LogP contribution in [0.3, 0.4) is 0 Å². The van der Waals surface area contributed by atoms with E-state index in [0.717, 1.165) is 31.2 Å². The molecule has 4 rings (SSSR count). The molecule has 0 saturated carbocycles. The predicted molar refractivity (Wildman–Crippen MR) is 146 cm³/mol. The number of allylic oxidation sites excluding steroid dienone is 1. The van der Waals surface area contributed by atoms with E-state index in [1.807, 2.05) is 6.07 Å². The molecule has 3 aromatic carbocycles. The summed E-state index contributed by atoms with van der Waals surface area (Å²) in [6, 6.07) is 17.8. The number of nitriles is 1. The van der Waals surface area contributed by atoms with Gasteiger partial charge >= 0.3 is 5.97 Å². The van der Waals surface area contributed by atoms with Crippen molar-refractivity contribution in [3.63, 3.8) is 0 Å². The zero-order valence-electron chi connectivity index (χ0n) is 22.2. The summed E-state index contributed by atoms with van der Waals surface area (Å²) in [6.07, 6.45) is 4.32. The summed E-state index contributed by atoms with van der Waals surface area (Å²) in [5.41, 5.74) is 7.14. The van der Waals surface area contributed by atoms with Crippen molar-refractivity contribution in [1.29, 1.82) is 5.26 Å². The van der Waals surface area contributed by atoms with E-state index in [9.17, 15) is 20.2 Å². The molecule has 1 aliphatic heterocycles. The summed E-state index contributed by atoms with van der Waals surface area (Å²) >= 11 is 0. The van der Waals surface area contributed by atoms with E-state index >= 15 is 0 Å². The zero-order chi connectivity index (χ0) is 28.6. The number of nitrogens with zero attached hydrogens (tertiary/aromatic N) is 2. The molecule has 10 nitrogen and oxygen atoms in total. The summed E-state index contributed by atoms with van der Waals surface area (Å²) in [6.45, 7) is 2.72. The molecule has 206 valence electrons. The molecule has 0 aromatic heterocycles. The highest BCUT2D eigenvalue weighted by Gasteiger charge is 2.32. The first-order valence-corrected chi connectivity index (χ1v) is 12.9. The van der Waals surface area contributed by atoms with Crippen molar-refractivity contribution >= 4 is 11.7 Å². The SMILES string of the molecule is CCCCCCOc1ccc(C2C(C#N)=C(N)Oc3cc(OC(=O)c4ccccc4[N+](=O)[O-])ccc32)cc1OC. The van der Waals surface area contributed by atoms with Crippen molar-refractivity contribution in [2.45, 2.75) is 38.5 Å². The Morgan fingerprint density at radius 1 is 1.10 bits per heavy atom. The number of hydrogen-bond donors (Lipinski definition) is 1. The molecular weight excluding hydrogens is 514 g/mol. The van der Waals surface area contributed by atoms with Crippen molar-refractivity contribution in [2.75, 3.05) is 13.7 Å². The van der Waals surface area contributed by atoms with Crippen LogP contribution in [0.4, 0.5) is 5.69 Å². The molecule has 1 atom stereocenters. The maximum atomic E-state index is 12.7. The standard InChI is InChI=1S/C30H29N3O7/c1-3-4-5-8-15-38-25-14-11-19(16-27(25)37-2)28-22-13-12-20(17-26(22)40-29(32)23(28)18-31)39-30(34)21-9-6-7-10-24(21)33(35)36/h6-7,9-14,16-17,28H,3-5,8,15,32H2,1-2H3. The second-order valence-electron chi connectivity index (χ2n) is 9.11. The van der Waals surface area contributed by atoms with Gasteiger partial charge in [-0.25, -0.2) is 4.79 Å². The van der Waals surface area contributed by atoms with Gasteiger partial charge in [0, 0.05) is 17.7 Å². The Morgan fingerprint density at radius 3 is 2.62 bits per heavy atom. The number of nitro benzene ring substituents is 1. The summed E-state index contributed by atoms with van der Waals surface area (Å²) < 4.78 is 22.7. The van der Waals surface area contributed by atoms with Gasteiger partial charge in [0.15, 0.2) is 11.5 Å². The average Bonchev–Trinajstić information content (AvgIpc) is 2.96. The van der Waals surface area contributed by atoms with Gasteiger partial charge in [0.25, 0.3) is 5.69 Å². The van der Waals surface area contributed by atoms with Crippen LogP contribution in [0.5, 0.6) is 23.0 Å². The minimum atomic E-state index is -0.893. The number of carbonyl (C=O) groups excluding carboxylic acids is 1. The molecule has 3 aromatic rings. The molecule has 0 bridgehead atoms. The van der Waals surface area contributed by atoms with Gasteiger partial charge in [-0.3, -0.25) is 10.1 Å². The van der Waals surface area contributed by atoms with Crippen LogP contribution in [0.2, 0.25) is 0 Å². The lowest BCUT2D eigenvalue weighted by molar-refractivity contribution is -0.385. The van der Waals surface area contributed by atoms with E-state index in [1.54, 1.807) is 25.3 Å². The van der Waals surface area contributed by atoms with Crippen molar-refractivity contribution in [3.8, 4) is 29.1 Å². The van der Waals surface area contributed by atoms with E-state index < -0.39 is 16.8 Å². The molecule has 0 radical (unpaired) electrons. The lowest BCUT2D eigenvalue weighted by Crippen LogP contribution is -2.21. The van der Waals surface area contributed by atoms with Crippen LogP contribution in [-0.4, -0.2) is 24.6 Å². The van der Waals surface area contributed by atoms with Gasteiger partial charge in [-0.2, -0.15) is 5.26 Å². The van der Waals surface area contributed by atoms with Gasteiger partial charge in [-0.05, 0) is 36.2 Å². The highest BCUT2D eigenvalue weighted by molar-refractivity contribution is 5.95. The van der Waals surface area contributed by atoms with Crippen LogP contribution >= 0.6 is 0 Å². The van der Waals surface area contributed by atoms with Gasteiger partial charge < -0.3 is 24.7 Å². The zero-order valence-corrected chi connectivity index (χ0v) is 22.2. The normalized spacial score (nSPS) is 14.0. The van der Waals surface area contributed by atoms with Crippen molar-refractivity contribution in [1.82, 2.24) is 0 Å². The highest BCUT2D eigenvalue weighted by atomic mass is 16.6. The minimum Gasteiger partial charge on any atom is -0.493 e. The lowest BCUT2D eigenvalue weighted by Gasteiger charge is -2.27. The first-order valence-electron chi connectivity index (χ1n) is 12.9. The molecule has 1 aliphatic rings. The molecule has 1 heterocycles. The Kier molecular flexibility index (Phi) is 8.86. The number of benzene rings is 3. The van der Waals surface area contributed by atoms with Crippen LogP contribution in [0, 0.1) is 21.4 Å². The summed E-state index contributed by atoms with van der Waals surface area (Å²) in [4.78, 5) is 23.4. The van der Waals surface area contributed by atoms with Crippen LogP contribution < -0.4 is 24.7 Å². The Morgan fingerprint density at radius 2 is 1.90 bits per heavy atom. The molecular formula is C30H29N3O7. The first-order chi connectivity index (χ1) is 19.4. The number of fused-ring (bicyclic) bond motifs is 1. The fourth-order valence-electron chi connectivity index (χ4n) is 4.50. The van der Waals surface area contributed by atoms with Crippen LogP contribution in [-0.2, 0) is 0 Å². The van der Waals surface area contributed by atoms with E-state index in [-0.39, 0.29) is 34.2 Å². The fourth-order valence-corrected chi connectivity index (χ4v) is 4.50. The van der Waals surface area contributed by atoms with Crippen LogP contribution in [0.15, 0.2) is 72.1 Å². The minimum absolute atomic E-state index is 0.0857. The smallest absolute Gasteiger partial charge is 0.350 e. The average molecular weight is 544 g/mol. The quantitative estimate of drug-likeness (QED) is 0.101. The number of methoxy groups -OCH3 is 1. The van der Waals surface area contributed by atoms with Gasteiger partial charge in [-0.1, -0.05) is 50.5 Å². The van der Waals surface area contributed by atoms with Crippen LogP contribution in [0.25, 0.3) is 0 Å². The highest BCUT2D eigenvalue weighted by Crippen LogP contribution is 2.45. The second-order valence-corrected chi connectivity index (χ2v) is 9.11. The Labute approximate surface area is 231 Å². The molecule has 1 unspecified atom stereocenters. The third-order valence-electron chi connectivity index (χ3n) is 6.50. The lowest BCUT2D eigenvalue weighted by atomic mass is 9.83. The summed E-state index contributed by atoms with van der Waals surface area (Å²) in [5, 5.41) is 21.2. The second kappa shape index (κ2) is 12.7. The number of unbranched alkanes of at least 4 members (excludes halogenated alkanes) is 3. The van der Waals surface area contributed by atoms with E-state index in [1.165, 1.54) is 36.4 Å². The monoisotopic (exact) mass is 543 g/mol. The molecule has 0 aliphatic carbocycles. The van der Waals surface area contributed by atoms with Gasteiger partial charge in [-0.15, -0.1) is 0 Å². The first kappa shape index (κ1) is 28.0. The number of rotatable bonds is 11. The summed E-state index contributed by atoms with van der Waals surface area (Å²) in [7, 11) is 1.55. The number of nitro groups is 1. The number of hydrogen-bond acceptors (Lipinski definition) is 9. The molecule has 10 heteroatoms. The molecule has 0 saturated heterocycles. The van der Waals surface area contributed by atoms with E-state index in [0.29, 0.717) is 23.7 Å². The van der Waals surface area contributed by atoms with Crippen molar-refractivity contribution in [2.24, 2.45) is 5.73 Å². The number of esters is 1. The molecule has 0 fully saturated rings. The van der Waals surface area contributed by atoms with Gasteiger partial charge in [0.05, 0.1) is 24.6 Å². The fraction of sp³-hybridized carbons (Fsp3) is 0.267. The molecule has 0 amide bonds. The van der Waals surface area contributed by atoms with Gasteiger partial charge in [0.1, 0.15) is 28.7 Å². The Bertz CT molecular complexity index is 1490. The van der Waals surface area contributed by atoms with Gasteiger partial charge in [0.2, 0.25) is 5.88 Å². The molecule has 40 heavy (non-hydrogen) atoms. The summed E-state index contributed by atoms with van der Waals surface area (Å²) in [5.74, 6) is -0.0630. The third kappa shape index (κ3) is 5.99. The third-order valence-corrected chi connectivity index (χ3v) is 6.50. The van der Waals surface area contributed by atoms with E-state index in [4.69, 9.17) is 24.7 Å². The largest absolute Gasteiger partial charge is 0.493 e. The topological polar surface area (TPSA) is 147 Å². The van der Waals surface area contributed by atoms with Crippen molar-refractivity contribution < 1.29 is 28.7 Å². The number of ether oxygens (including phenoxy) is 4. The molecule has 2 N–H and O–H groups in total. The maximum Gasteiger partial charge on any atom is 0.350 e. The number of para-hydroxylation sites is 1. The van der Waals surface area contributed by atoms with E-state index in [2.05, 4.69) is 13.0 Å². The number of carbonyl (C=O) groups is 1. The predicted octanol–water partition coefficient (Wildman–Crippen LogP) is 6.00. The van der Waals surface area contributed by atoms with Crippen molar-refractivity contribution in [3.05, 3.63) is 98.9 Å². The van der Waals surface area contributed by atoms with Crippen LogP contribution in [0.1, 0.15) is 60.0 Å². The number of nitrogens with two attached hydrogens (primary N) is 1. The Hall–Kier alpha value is -5.04. The maximum absolute atomic E-state index is 12.7. The Balaban J connectivity index is 1.62.